The summed E-state index contributed by atoms with van der Waals surface area (Å²) >= 11 is 0. The van der Waals surface area contributed by atoms with Crippen LogP contribution in [0.15, 0.2) is 24.7 Å². The maximum atomic E-state index is 4.49. The first kappa shape index (κ1) is 12.3. The van der Waals surface area contributed by atoms with Crippen LogP contribution in [-0.2, 0) is 6.54 Å². The molecule has 19 heavy (non-hydrogen) atoms. The highest BCUT2D eigenvalue weighted by molar-refractivity contribution is 5.19. The molecule has 5 heteroatoms. The van der Waals surface area contributed by atoms with Crippen LogP contribution in [0.2, 0.25) is 0 Å². The van der Waals surface area contributed by atoms with Gasteiger partial charge in [-0.05, 0) is 24.8 Å². The van der Waals surface area contributed by atoms with Gasteiger partial charge in [0.2, 0.25) is 0 Å². The zero-order valence-electron chi connectivity index (χ0n) is 11.4. The number of hydrogen-bond acceptors (Lipinski definition) is 4. The van der Waals surface area contributed by atoms with Crippen LogP contribution in [0.25, 0.3) is 5.82 Å². The second-order valence-corrected chi connectivity index (χ2v) is 5.36. The fraction of sp³-hybridized carbons (Fsp3) is 0.500. The average Bonchev–Trinajstić information content (AvgIpc) is 3.11. The molecule has 1 aliphatic carbocycles. The highest BCUT2D eigenvalue weighted by Gasteiger charge is 2.20. The van der Waals surface area contributed by atoms with Crippen molar-refractivity contribution < 1.29 is 0 Å². The number of aromatic nitrogens is 4. The minimum absolute atomic E-state index is 0.427. The van der Waals surface area contributed by atoms with E-state index in [-0.39, 0.29) is 0 Å². The van der Waals surface area contributed by atoms with Crippen molar-refractivity contribution in [1.29, 1.82) is 0 Å². The third-order valence-corrected chi connectivity index (χ3v) is 3.28. The molecular formula is C14H19N5. The molecule has 3 rings (SSSR count). The molecule has 100 valence electrons. The summed E-state index contributed by atoms with van der Waals surface area (Å²) in [4.78, 5) is 8.84. The Hall–Kier alpha value is -1.75. The van der Waals surface area contributed by atoms with Gasteiger partial charge >= 0.3 is 0 Å². The Morgan fingerprint density at radius 2 is 2.16 bits per heavy atom. The predicted octanol–water partition coefficient (Wildman–Crippen LogP) is 2.04. The van der Waals surface area contributed by atoms with Crippen molar-refractivity contribution in [3.05, 3.63) is 36.0 Å². The van der Waals surface area contributed by atoms with Crippen LogP contribution in [0.1, 0.15) is 44.0 Å². The first-order chi connectivity index (χ1) is 9.22. The SMILES string of the molecule is CC(C)c1ccn(-c2cnc(CNC3CC3)cn2)n1. The van der Waals surface area contributed by atoms with Gasteiger partial charge in [-0.15, -0.1) is 0 Å². The fourth-order valence-electron chi connectivity index (χ4n) is 1.87. The van der Waals surface area contributed by atoms with Gasteiger partial charge in [0.25, 0.3) is 0 Å². The molecule has 1 fully saturated rings. The molecule has 0 unspecified atom stereocenters. The van der Waals surface area contributed by atoms with Gasteiger partial charge in [0.15, 0.2) is 5.82 Å². The Morgan fingerprint density at radius 1 is 1.32 bits per heavy atom. The van der Waals surface area contributed by atoms with Crippen LogP contribution < -0.4 is 5.32 Å². The molecular weight excluding hydrogens is 238 g/mol. The van der Waals surface area contributed by atoms with Crippen molar-refractivity contribution >= 4 is 0 Å². The molecule has 0 spiro atoms. The van der Waals surface area contributed by atoms with Gasteiger partial charge in [-0.1, -0.05) is 13.8 Å². The smallest absolute Gasteiger partial charge is 0.171 e. The topological polar surface area (TPSA) is 55.6 Å². The van der Waals surface area contributed by atoms with Gasteiger partial charge in [-0.3, -0.25) is 4.98 Å². The predicted molar refractivity (Wildman–Crippen MR) is 73.1 cm³/mol. The molecule has 0 bridgehead atoms. The molecule has 0 aliphatic heterocycles. The van der Waals surface area contributed by atoms with Gasteiger partial charge in [0.05, 0.1) is 23.8 Å². The normalized spacial score (nSPS) is 15.1. The lowest BCUT2D eigenvalue weighted by Crippen LogP contribution is -2.16. The molecule has 1 saturated carbocycles. The van der Waals surface area contributed by atoms with E-state index in [2.05, 4.69) is 34.2 Å². The average molecular weight is 257 g/mol. The first-order valence-corrected chi connectivity index (χ1v) is 6.82. The lowest BCUT2D eigenvalue weighted by molar-refractivity contribution is 0.669. The Bertz CT molecular complexity index is 539. The van der Waals surface area contributed by atoms with E-state index >= 15 is 0 Å². The highest BCUT2D eigenvalue weighted by Crippen LogP contribution is 2.19. The maximum Gasteiger partial charge on any atom is 0.171 e. The van der Waals surface area contributed by atoms with Crippen LogP contribution in [0, 0.1) is 0 Å². The van der Waals surface area contributed by atoms with E-state index in [0.717, 1.165) is 23.8 Å². The van der Waals surface area contributed by atoms with Crippen LogP contribution in [0.5, 0.6) is 0 Å². The summed E-state index contributed by atoms with van der Waals surface area (Å²) in [5.74, 6) is 1.19. The van der Waals surface area contributed by atoms with Crippen molar-refractivity contribution in [3.8, 4) is 5.82 Å². The van der Waals surface area contributed by atoms with E-state index in [1.54, 1.807) is 10.9 Å². The molecule has 0 saturated heterocycles. The van der Waals surface area contributed by atoms with E-state index in [4.69, 9.17) is 0 Å². The van der Waals surface area contributed by atoms with Gasteiger partial charge < -0.3 is 5.32 Å². The Labute approximate surface area is 113 Å². The van der Waals surface area contributed by atoms with E-state index in [0.29, 0.717) is 12.0 Å². The molecule has 2 heterocycles. The van der Waals surface area contributed by atoms with Crippen molar-refractivity contribution in [2.75, 3.05) is 0 Å². The summed E-state index contributed by atoms with van der Waals surface area (Å²) in [7, 11) is 0. The lowest BCUT2D eigenvalue weighted by Gasteiger charge is -2.04. The standard InChI is InChI=1S/C14H19N5/c1-10(2)13-5-6-19(18-13)14-9-16-12(8-17-14)7-15-11-3-4-11/h5-6,8-11,15H,3-4,7H2,1-2H3. The molecule has 0 amide bonds. The van der Waals surface area contributed by atoms with Crippen LogP contribution in [-0.4, -0.2) is 25.8 Å². The molecule has 0 radical (unpaired) electrons. The van der Waals surface area contributed by atoms with E-state index in [9.17, 15) is 0 Å². The van der Waals surface area contributed by atoms with Gasteiger partial charge in [0.1, 0.15) is 0 Å². The maximum absolute atomic E-state index is 4.49. The molecule has 1 N–H and O–H groups in total. The fourth-order valence-corrected chi connectivity index (χ4v) is 1.87. The minimum Gasteiger partial charge on any atom is -0.308 e. The molecule has 1 aliphatic rings. The van der Waals surface area contributed by atoms with Crippen LogP contribution in [0.3, 0.4) is 0 Å². The first-order valence-electron chi connectivity index (χ1n) is 6.82. The lowest BCUT2D eigenvalue weighted by atomic mass is 10.1. The van der Waals surface area contributed by atoms with E-state index in [1.807, 2.05) is 18.5 Å². The summed E-state index contributed by atoms with van der Waals surface area (Å²) < 4.78 is 1.78. The summed E-state index contributed by atoms with van der Waals surface area (Å²) in [5.41, 5.74) is 2.05. The summed E-state index contributed by atoms with van der Waals surface area (Å²) in [6, 6.07) is 2.72. The molecule has 5 nitrogen and oxygen atoms in total. The zero-order valence-corrected chi connectivity index (χ0v) is 11.4. The summed E-state index contributed by atoms with van der Waals surface area (Å²) in [5, 5.41) is 7.92. The van der Waals surface area contributed by atoms with E-state index in [1.165, 1.54) is 12.8 Å². The van der Waals surface area contributed by atoms with Gasteiger partial charge in [0, 0.05) is 18.8 Å². The molecule has 0 aromatic carbocycles. The second kappa shape index (κ2) is 5.09. The molecule has 0 atom stereocenters. The van der Waals surface area contributed by atoms with E-state index < -0.39 is 0 Å². The van der Waals surface area contributed by atoms with Gasteiger partial charge in [-0.2, -0.15) is 5.10 Å². The number of hydrogen-bond donors (Lipinski definition) is 1. The second-order valence-electron chi connectivity index (χ2n) is 5.36. The Morgan fingerprint density at radius 3 is 2.74 bits per heavy atom. The third kappa shape index (κ3) is 2.98. The monoisotopic (exact) mass is 257 g/mol. The van der Waals surface area contributed by atoms with Gasteiger partial charge in [-0.25, -0.2) is 9.67 Å². The van der Waals surface area contributed by atoms with Crippen LogP contribution in [0.4, 0.5) is 0 Å². The number of rotatable bonds is 5. The molecule has 2 aromatic rings. The highest BCUT2D eigenvalue weighted by atomic mass is 15.3. The van der Waals surface area contributed by atoms with Crippen molar-refractivity contribution in [2.24, 2.45) is 0 Å². The van der Waals surface area contributed by atoms with Crippen LogP contribution >= 0.6 is 0 Å². The summed E-state index contributed by atoms with van der Waals surface area (Å²) in [6.07, 6.45) is 8.11. The Kier molecular flexibility index (Phi) is 3.29. The molecule has 2 aromatic heterocycles. The largest absolute Gasteiger partial charge is 0.308 e. The summed E-state index contributed by atoms with van der Waals surface area (Å²) in [6.45, 7) is 5.06. The quantitative estimate of drug-likeness (QED) is 0.890. The Balaban J connectivity index is 1.69. The minimum atomic E-state index is 0.427. The van der Waals surface area contributed by atoms with Crippen molar-refractivity contribution in [2.45, 2.75) is 45.2 Å². The number of nitrogens with one attached hydrogen (secondary N) is 1. The number of nitrogens with zero attached hydrogens (tertiary/aromatic N) is 4. The third-order valence-electron chi connectivity index (χ3n) is 3.28. The van der Waals surface area contributed by atoms with Crippen molar-refractivity contribution in [3.63, 3.8) is 0 Å². The zero-order chi connectivity index (χ0) is 13.2. The van der Waals surface area contributed by atoms with Crippen molar-refractivity contribution in [1.82, 2.24) is 25.1 Å².